The summed E-state index contributed by atoms with van der Waals surface area (Å²) in [6.45, 7) is 7.96. The summed E-state index contributed by atoms with van der Waals surface area (Å²) < 4.78 is 0. The Labute approximate surface area is 113 Å². The van der Waals surface area contributed by atoms with Gasteiger partial charge in [0.25, 0.3) is 0 Å². The SMILES string of the molecule is CC(C)N1CCN(CCCBr)c2ccccc21. The zero-order valence-electron chi connectivity index (χ0n) is 10.7. The first-order chi connectivity index (χ1) is 8.24. The molecule has 94 valence electrons. The van der Waals surface area contributed by atoms with Crippen LogP contribution < -0.4 is 9.80 Å². The smallest absolute Gasteiger partial charge is 0.0607 e. The van der Waals surface area contributed by atoms with Crippen LogP contribution in [0.4, 0.5) is 11.4 Å². The van der Waals surface area contributed by atoms with Crippen molar-refractivity contribution in [2.75, 3.05) is 34.8 Å². The Kier molecular flexibility index (Phi) is 4.32. The Morgan fingerprint density at radius 2 is 1.88 bits per heavy atom. The highest BCUT2D eigenvalue weighted by Gasteiger charge is 2.22. The minimum absolute atomic E-state index is 0.578. The van der Waals surface area contributed by atoms with Crippen molar-refractivity contribution in [1.29, 1.82) is 0 Å². The zero-order valence-corrected chi connectivity index (χ0v) is 12.3. The van der Waals surface area contributed by atoms with Crippen LogP contribution in [0.2, 0.25) is 0 Å². The van der Waals surface area contributed by atoms with Crippen LogP contribution in [-0.2, 0) is 0 Å². The number of anilines is 2. The van der Waals surface area contributed by atoms with Gasteiger partial charge in [-0.1, -0.05) is 28.1 Å². The monoisotopic (exact) mass is 296 g/mol. The first kappa shape index (κ1) is 12.7. The number of alkyl halides is 1. The van der Waals surface area contributed by atoms with E-state index in [1.807, 2.05) is 0 Å². The number of hydrogen-bond acceptors (Lipinski definition) is 2. The molecule has 1 aliphatic heterocycles. The summed E-state index contributed by atoms with van der Waals surface area (Å²) in [5, 5.41) is 1.08. The normalized spacial score (nSPS) is 15.3. The predicted molar refractivity (Wildman–Crippen MR) is 79.5 cm³/mol. The van der Waals surface area contributed by atoms with Gasteiger partial charge in [0.05, 0.1) is 11.4 Å². The van der Waals surface area contributed by atoms with E-state index >= 15 is 0 Å². The first-order valence-corrected chi connectivity index (χ1v) is 7.52. The maximum atomic E-state index is 3.51. The second-order valence-corrected chi connectivity index (χ2v) is 5.60. The van der Waals surface area contributed by atoms with Crippen LogP contribution in [0.3, 0.4) is 0 Å². The molecule has 1 aromatic rings. The van der Waals surface area contributed by atoms with Crippen LogP contribution in [0.25, 0.3) is 0 Å². The lowest BCUT2D eigenvalue weighted by Gasteiger charge is -2.41. The van der Waals surface area contributed by atoms with Crippen LogP contribution in [0.15, 0.2) is 24.3 Å². The Balaban J connectivity index is 2.24. The standard InChI is InChI=1S/C14H21BrN2/c1-12(2)17-11-10-16(9-5-8-15)13-6-3-4-7-14(13)17/h3-4,6-7,12H,5,8-11H2,1-2H3. The minimum atomic E-state index is 0.578. The fourth-order valence-electron chi connectivity index (χ4n) is 2.46. The molecular formula is C14H21BrN2. The van der Waals surface area contributed by atoms with E-state index in [1.165, 1.54) is 17.8 Å². The van der Waals surface area contributed by atoms with E-state index in [2.05, 4.69) is 63.8 Å². The summed E-state index contributed by atoms with van der Waals surface area (Å²) in [7, 11) is 0. The van der Waals surface area contributed by atoms with Crippen molar-refractivity contribution in [3.63, 3.8) is 0 Å². The third-order valence-electron chi connectivity index (χ3n) is 3.33. The summed E-state index contributed by atoms with van der Waals surface area (Å²) >= 11 is 3.51. The van der Waals surface area contributed by atoms with E-state index in [9.17, 15) is 0 Å². The van der Waals surface area contributed by atoms with E-state index in [4.69, 9.17) is 0 Å². The van der Waals surface area contributed by atoms with Gasteiger partial charge in [0.2, 0.25) is 0 Å². The van der Waals surface area contributed by atoms with Gasteiger partial charge in [-0.3, -0.25) is 0 Å². The van der Waals surface area contributed by atoms with E-state index in [0.717, 1.165) is 25.0 Å². The van der Waals surface area contributed by atoms with Gasteiger partial charge in [-0.2, -0.15) is 0 Å². The van der Waals surface area contributed by atoms with Crippen molar-refractivity contribution in [3.8, 4) is 0 Å². The molecule has 0 saturated carbocycles. The van der Waals surface area contributed by atoms with Gasteiger partial charge in [0.15, 0.2) is 0 Å². The lowest BCUT2D eigenvalue weighted by Crippen LogP contribution is -2.44. The zero-order chi connectivity index (χ0) is 12.3. The Hall–Kier alpha value is -0.700. The van der Waals surface area contributed by atoms with Crippen LogP contribution in [0.5, 0.6) is 0 Å². The van der Waals surface area contributed by atoms with Gasteiger partial charge in [0, 0.05) is 31.0 Å². The van der Waals surface area contributed by atoms with Crippen LogP contribution in [-0.4, -0.2) is 31.0 Å². The number of nitrogens with zero attached hydrogens (tertiary/aromatic N) is 2. The molecule has 17 heavy (non-hydrogen) atoms. The lowest BCUT2D eigenvalue weighted by molar-refractivity contribution is 0.634. The topological polar surface area (TPSA) is 6.48 Å². The molecule has 3 heteroatoms. The summed E-state index contributed by atoms with van der Waals surface area (Å²) in [4.78, 5) is 5.01. The van der Waals surface area contributed by atoms with Gasteiger partial charge in [-0.15, -0.1) is 0 Å². The molecule has 0 N–H and O–H groups in total. The van der Waals surface area contributed by atoms with Gasteiger partial charge in [-0.05, 0) is 32.4 Å². The van der Waals surface area contributed by atoms with Gasteiger partial charge < -0.3 is 9.80 Å². The molecule has 0 aliphatic carbocycles. The number of rotatable bonds is 4. The highest BCUT2D eigenvalue weighted by molar-refractivity contribution is 9.09. The average molecular weight is 297 g/mol. The Bertz CT molecular complexity index is 365. The molecular weight excluding hydrogens is 276 g/mol. The fraction of sp³-hybridized carbons (Fsp3) is 0.571. The van der Waals surface area contributed by atoms with Crippen molar-refractivity contribution < 1.29 is 0 Å². The van der Waals surface area contributed by atoms with E-state index in [1.54, 1.807) is 0 Å². The quantitative estimate of drug-likeness (QED) is 0.785. The van der Waals surface area contributed by atoms with Crippen molar-refractivity contribution in [1.82, 2.24) is 0 Å². The molecule has 0 amide bonds. The van der Waals surface area contributed by atoms with Gasteiger partial charge in [-0.25, -0.2) is 0 Å². The van der Waals surface area contributed by atoms with Crippen LogP contribution >= 0.6 is 15.9 Å². The maximum Gasteiger partial charge on any atom is 0.0607 e. The molecule has 0 bridgehead atoms. The molecule has 2 rings (SSSR count). The third kappa shape index (κ3) is 2.76. The molecule has 1 aromatic carbocycles. The second-order valence-electron chi connectivity index (χ2n) is 4.81. The second kappa shape index (κ2) is 5.76. The van der Waals surface area contributed by atoms with E-state index in [0.29, 0.717) is 6.04 Å². The first-order valence-electron chi connectivity index (χ1n) is 6.40. The molecule has 0 unspecified atom stereocenters. The van der Waals surface area contributed by atoms with Crippen LogP contribution in [0, 0.1) is 0 Å². The van der Waals surface area contributed by atoms with Crippen molar-refractivity contribution in [2.45, 2.75) is 26.3 Å². The number of halogens is 1. The third-order valence-corrected chi connectivity index (χ3v) is 3.89. The van der Waals surface area contributed by atoms with E-state index in [-0.39, 0.29) is 0 Å². The van der Waals surface area contributed by atoms with Gasteiger partial charge in [0.1, 0.15) is 0 Å². The highest BCUT2D eigenvalue weighted by atomic mass is 79.9. The number of para-hydroxylation sites is 2. The minimum Gasteiger partial charge on any atom is -0.368 e. The number of fused-ring (bicyclic) bond motifs is 1. The lowest BCUT2D eigenvalue weighted by atomic mass is 10.1. The predicted octanol–water partition coefficient (Wildman–Crippen LogP) is 3.51. The number of benzene rings is 1. The highest BCUT2D eigenvalue weighted by Crippen LogP contribution is 2.33. The summed E-state index contributed by atoms with van der Waals surface area (Å²) in [6.07, 6.45) is 1.20. The fourth-order valence-corrected chi connectivity index (χ4v) is 2.71. The molecule has 0 atom stereocenters. The summed E-state index contributed by atoms with van der Waals surface area (Å²) in [6, 6.07) is 9.36. The molecule has 0 aromatic heterocycles. The molecule has 0 spiro atoms. The molecule has 0 radical (unpaired) electrons. The molecule has 1 aliphatic rings. The Morgan fingerprint density at radius 3 is 2.53 bits per heavy atom. The van der Waals surface area contributed by atoms with Crippen molar-refractivity contribution >= 4 is 27.3 Å². The van der Waals surface area contributed by atoms with Crippen molar-refractivity contribution in [2.24, 2.45) is 0 Å². The summed E-state index contributed by atoms with van der Waals surface area (Å²) in [5.41, 5.74) is 2.79. The van der Waals surface area contributed by atoms with Gasteiger partial charge >= 0.3 is 0 Å². The average Bonchev–Trinajstić information content (AvgIpc) is 2.35. The van der Waals surface area contributed by atoms with E-state index < -0.39 is 0 Å². The molecule has 1 heterocycles. The molecule has 0 fully saturated rings. The Morgan fingerprint density at radius 1 is 1.18 bits per heavy atom. The van der Waals surface area contributed by atoms with Crippen LogP contribution in [0.1, 0.15) is 20.3 Å². The largest absolute Gasteiger partial charge is 0.368 e. The van der Waals surface area contributed by atoms with Crippen molar-refractivity contribution in [3.05, 3.63) is 24.3 Å². The number of hydrogen-bond donors (Lipinski definition) is 0. The molecule has 0 saturated heterocycles. The summed E-state index contributed by atoms with van der Waals surface area (Å²) in [5.74, 6) is 0. The maximum absolute atomic E-state index is 3.51. The molecule has 2 nitrogen and oxygen atoms in total.